The number of rotatable bonds is 1. The van der Waals surface area contributed by atoms with Gasteiger partial charge in [0.05, 0.1) is 6.61 Å². The molecule has 1 N–H and O–H groups in total. The summed E-state index contributed by atoms with van der Waals surface area (Å²) in [5.41, 5.74) is 1.46. The number of nitrogens with one attached hydrogen (secondary N) is 1. The van der Waals surface area contributed by atoms with E-state index in [1.807, 2.05) is 0 Å². The van der Waals surface area contributed by atoms with Crippen LogP contribution >= 0.6 is 0 Å². The molecule has 4 heteroatoms. The number of aldehydes is 1. The predicted molar refractivity (Wildman–Crippen MR) is 33.2 cm³/mol. The number of carbonyl (C=O) groups is 1. The molecule has 0 amide bonds. The number of hydrogen-bond donors (Lipinski definition) is 1. The third-order valence-corrected chi connectivity index (χ3v) is 1.57. The van der Waals surface area contributed by atoms with E-state index in [4.69, 9.17) is 4.74 Å². The first-order valence-electron chi connectivity index (χ1n) is 3.07. The molecule has 0 atom stereocenters. The van der Waals surface area contributed by atoms with Gasteiger partial charge in [-0.2, -0.15) is 0 Å². The molecule has 1 aliphatic rings. The van der Waals surface area contributed by atoms with Gasteiger partial charge in [-0.25, -0.2) is 0 Å². The average molecular weight is 138 g/mol. The molecule has 0 radical (unpaired) electrons. The van der Waals surface area contributed by atoms with Gasteiger partial charge in [0, 0.05) is 12.0 Å². The highest BCUT2D eigenvalue weighted by Crippen LogP contribution is 2.23. The van der Waals surface area contributed by atoms with Gasteiger partial charge in [-0.15, -0.1) is 5.10 Å². The highest BCUT2D eigenvalue weighted by atomic mass is 16.5. The molecule has 0 saturated carbocycles. The van der Waals surface area contributed by atoms with Crippen molar-refractivity contribution in [3.63, 3.8) is 0 Å². The number of nitrogens with zero attached hydrogens (tertiary/aromatic N) is 1. The van der Waals surface area contributed by atoms with Gasteiger partial charge in [0.2, 0.25) is 5.88 Å². The van der Waals surface area contributed by atoms with Crippen LogP contribution in [-0.4, -0.2) is 23.1 Å². The third-order valence-electron chi connectivity index (χ3n) is 1.57. The number of carbonyl (C=O) groups excluding carboxylic acids is 1. The van der Waals surface area contributed by atoms with Crippen molar-refractivity contribution >= 4 is 6.29 Å². The zero-order valence-corrected chi connectivity index (χ0v) is 5.26. The zero-order chi connectivity index (χ0) is 6.97. The van der Waals surface area contributed by atoms with E-state index < -0.39 is 0 Å². The summed E-state index contributed by atoms with van der Waals surface area (Å²) in [5.74, 6) is 0.585. The quantitative estimate of drug-likeness (QED) is 0.562. The van der Waals surface area contributed by atoms with Gasteiger partial charge in [-0.3, -0.25) is 9.89 Å². The average Bonchev–Trinajstić information content (AvgIpc) is 2.44. The Labute approximate surface area is 57.2 Å². The Morgan fingerprint density at radius 2 is 2.60 bits per heavy atom. The second-order valence-corrected chi connectivity index (χ2v) is 2.14. The van der Waals surface area contributed by atoms with Crippen LogP contribution in [0, 0.1) is 0 Å². The minimum Gasteiger partial charge on any atom is -0.476 e. The van der Waals surface area contributed by atoms with E-state index in [-0.39, 0.29) is 0 Å². The Morgan fingerprint density at radius 3 is 3.40 bits per heavy atom. The van der Waals surface area contributed by atoms with Crippen LogP contribution in [0.2, 0.25) is 0 Å². The van der Waals surface area contributed by atoms with Crippen molar-refractivity contribution < 1.29 is 9.53 Å². The van der Waals surface area contributed by atoms with Crippen LogP contribution in [0.5, 0.6) is 5.88 Å². The molecule has 0 aliphatic carbocycles. The maximum Gasteiger partial charge on any atom is 0.236 e. The van der Waals surface area contributed by atoms with Crippen LogP contribution in [0.1, 0.15) is 16.1 Å². The molecule has 1 aromatic heterocycles. The lowest BCUT2D eigenvalue weighted by atomic mass is 10.2. The minimum atomic E-state index is 0.549. The Hall–Kier alpha value is -1.32. The van der Waals surface area contributed by atoms with Gasteiger partial charge in [-0.1, -0.05) is 0 Å². The van der Waals surface area contributed by atoms with Gasteiger partial charge in [0.1, 0.15) is 5.69 Å². The molecule has 0 aromatic carbocycles. The fourth-order valence-corrected chi connectivity index (χ4v) is 1.07. The van der Waals surface area contributed by atoms with Crippen LogP contribution in [0.25, 0.3) is 0 Å². The molecule has 0 saturated heterocycles. The van der Waals surface area contributed by atoms with E-state index in [9.17, 15) is 4.79 Å². The molecule has 0 unspecified atom stereocenters. The normalized spacial score (nSPS) is 14.4. The summed E-state index contributed by atoms with van der Waals surface area (Å²) in [5, 5.41) is 6.37. The summed E-state index contributed by atoms with van der Waals surface area (Å²) in [6, 6.07) is 0. The first-order chi connectivity index (χ1) is 4.92. The number of ether oxygens (including phenoxy) is 1. The molecule has 1 aromatic rings. The third kappa shape index (κ3) is 0.556. The lowest BCUT2D eigenvalue weighted by Gasteiger charge is -1.85. The number of H-pyrrole nitrogens is 1. The van der Waals surface area contributed by atoms with Gasteiger partial charge in [0.15, 0.2) is 6.29 Å². The monoisotopic (exact) mass is 138 g/mol. The largest absolute Gasteiger partial charge is 0.476 e. The number of hydrogen-bond acceptors (Lipinski definition) is 3. The second kappa shape index (κ2) is 1.83. The standard InChI is InChI=1S/C6H6N2O2/c9-3-5-4-1-2-10-6(4)8-7-5/h3H,1-2H2,(H,7,8). The summed E-state index contributed by atoms with van der Waals surface area (Å²) < 4.78 is 5.08. The van der Waals surface area contributed by atoms with E-state index in [1.165, 1.54) is 0 Å². The van der Waals surface area contributed by atoms with E-state index in [1.54, 1.807) is 0 Å². The smallest absolute Gasteiger partial charge is 0.236 e. The Kier molecular flexibility index (Phi) is 1.00. The Morgan fingerprint density at radius 1 is 1.70 bits per heavy atom. The molecule has 4 nitrogen and oxygen atoms in total. The Bertz CT molecular complexity index is 267. The Balaban J connectivity index is 2.53. The van der Waals surface area contributed by atoms with Crippen molar-refractivity contribution in [1.29, 1.82) is 0 Å². The molecular formula is C6H6N2O2. The van der Waals surface area contributed by atoms with E-state index in [2.05, 4.69) is 10.2 Å². The van der Waals surface area contributed by atoms with Crippen molar-refractivity contribution in [3.05, 3.63) is 11.3 Å². The van der Waals surface area contributed by atoms with Crippen LogP contribution in [0.3, 0.4) is 0 Å². The minimum absolute atomic E-state index is 0.549. The molecule has 0 bridgehead atoms. The summed E-state index contributed by atoms with van der Waals surface area (Å²) >= 11 is 0. The van der Waals surface area contributed by atoms with Crippen LogP contribution in [-0.2, 0) is 6.42 Å². The fourth-order valence-electron chi connectivity index (χ4n) is 1.07. The first kappa shape index (κ1) is 5.46. The molecular weight excluding hydrogens is 132 g/mol. The van der Waals surface area contributed by atoms with Crippen LogP contribution < -0.4 is 4.74 Å². The zero-order valence-electron chi connectivity index (χ0n) is 5.26. The first-order valence-corrected chi connectivity index (χ1v) is 3.07. The molecule has 2 heterocycles. The SMILES string of the molecule is O=Cc1[nH]nc2c1CCO2. The molecule has 1 aliphatic heterocycles. The highest BCUT2D eigenvalue weighted by molar-refractivity contribution is 5.75. The van der Waals surface area contributed by atoms with Crippen molar-refractivity contribution in [2.75, 3.05) is 6.61 Å². The van der Waals surface area contributed by atoms with Crippen molar-refractivity contribution in [2.24, 2.45) is 0 Å². The van der Waals surface area contributed by atoms with E-state index in [0.717, 1.165) is 18.3 Å². The molecule has 10 heavy (non-hydrogen) atoms. The van der Waals surface area contributed by atoms with Crippen LogP contribution in [0.15, 0.2) is 0 Å². The summed E-state index contributed by atoms with van der Waals surface area (Å²) in [4.78, 5) is 10.3. The predicted octanol–water partition coefficient (Wildman–Crippen LogP) is 0.157. The topological polar surface area (TPSA) is 55.0 Å². The molecule has 0 fully saturated rings. The van der Waals surface area contributed by atoms with Gasteiger partial charge < -0.3 is 4.74 Å². The molecule has 0 spiro atoms. The fraction of sp³-hybridized carbons (Fsp3) is 0.333. The number of fused-ring (bicyclic) bond motifs is 1. The van der Waals surface area contributed by atoms with E-state index >= 15 is 0 Å². The van der Waals surface area contributed by atoms with Crippen molar-refractivity contribution in [3.8, 4) is 5.88 Å². The summed E-state index contributed by atoms with van der Waals surface area (Å²) in [7, 11) is 0. The van der Waals surface area contributed by atoms with Gasteiger partial charge >= 0.3 is 0 Å². The van der Waals surface area contributed by atoms with E-state index in [0.29, 0.717) is 18.2 Å². The maximum absolute atomic E-state index is 10.3. The number of aromatic amines is 1. The maximum atomic E-state index is 10.3. The molecule has 52 valence electrons. The lowest BCUT2D eigenvalue weighted by Crippen LogP contribution is -1.92. The summed E-state index contributed by atoms with van der Waals surface area (Å²) in [6.45, 7) is 0.646. The van der Waals surface area contributed by atoms with Crippen molar-refractivity contribution in [2.45, 2.75) is 6.42 Å². The second-order valence-electron chi connectivity index (χ2n) is 2.14. The number of aromatic nitrogens is 2. The summed E-state index contributed by atoms with van der Waals surface area (Å²) in [6.07, 6.45) is 1.56. The lowest BCUT2D eigenvalue weighted by molar-refractivity contribution is 0.111. The van der Waals surface area contributed by atoms with Crippen molar-refractivity contribution in [1.82, 2.24) is 10.2 Å². The highest BCUT2D eigenvalue weighted by Gasteiger charge is 2.18. The van der Waals surface area contributed by atoms with Crippen LogP contribution in [0.4, 0.5) is 0 Å². The molecule has 2 rings (SSSR count). The van der Waals surface area contributed by atoms with Gasteiger partial charge in [-0.05, 0) is 0 Å². The van der Waals surface area contributed by atoms with Gasteiger partial charge in [0.25, 0.3) is 0 Å².